The van der Waals surface area contributed by atoms with Crippen molar-refractivity contribution in [3.8, 4) is 0 Å². The lowest BCUT2D eigenvalue weighted by molar-refractivity contribution is 0.0951. The van der Waals surface area contributed by atoms with E-state index in [4.69, 9.17) is 5.73 Å². The maximum Gasteiger partial charge on any atom is 0.255 e. The van der Waals surface area contributed by atoms with Gasteiger partial charge >= 0.3 is 0 Å². The molecule has 0 radical (unpaired) electrons. The highest BCUT2D eigenvalue weighted by Gasteiger charge is 2.12. The summed E-state index contributed by atoms with van der Waals surface area (Å²) in [5.74, 6) is -1.06. The van der Waals surface area contributed by atoms with Crippen LogP contribution >= 0.6 is 11.3 Å². The molecule has 7 heteroatoms. The molecule has 88 valence electrons. The van der Waals surface area contributed by atoms with E-state index < -0.39 is 11.7 Å². The van der Waals surface area contributed by atoms with Gasteiger partial charge < -0.3 is 11.1 Å². The van der Waals surface area contributed by atoms with Crippen LogP contribution in [0.2, 0.25) is 0 Å². The van der Waals surface area contributed by atoms with Crippen LogP contribution in [-0.2, 0) is 6.54 Å². The van der Waals surface area contributed by atoms with E-state index in [9.17, 15) is 9.18 Å². The molecule has 17 heavy (non-hydrogen) atoms. The third kappa shape index (κ3) is 2.76. The Labute approximate surface area is 101 Å². The van der Waals surface area contributed by atoms with Crippen LogP contribution in [0.25, 0.3) is 0 Å². The minimum atomic E-state index is -0.599. The zero-order valence-corrected chi connectivity index (χ0v) is 9.50. The third-order valence-corrected chi connectivity index (χ3v) is 2.79. The number of nitrogens with one attached hydrogen (secondary N) is 1. The SMILES string of the molecule is Nc1ncc(F)cc1C(=O)NCc1nccs1. The van der Waals surface area contributed by atoms with Gasteiger partial charge in [0.15, 0.2) is 0 Å². The Morgan fingerprint density at radius 3 is 3.06 bits per heavy atom. The van der Waals surface area contributed by atoms with Crippen molar-refractivity contribution < 1.29 is 9.18 Å². The van der Waals surface area contributed by atoms with Gasteiger partial charge in [-0.05, 0) is 6.07 Å². The lowest BCUT2D eigenvalue weighted by Crippen LogP contribution is -2.24. The fourth-order valence-electron chi connectivity index (χ4n) is 1.22. The van der Waals surface area contributed by atoms with Crippen LogP contribution in [0.1, 0.15) is 15.4 Å². The largest absolute Gasteiger partial charge is 0.383 e. The molecule has 2 aromatic heterocycles. The number of rotatable bonds is 3. The average Bonchev–Trinajstić information content (AvgIpc) is 2.82. The first-order chi connectivity index (χ1) is 8.16. The van der Waals surface area contributed by atoms with E-state index in [0.29, 0.717) is 0 Å². The Kier molecular flexibility index (Phi) is 3.29. The summed E-state index contributed by atoms with van der Waals surface area (Å²) in [5, 5.41) is 5.16. The molecule has 1 amide bonds. The van der Waals surface area contributed by atoms with Gasteiger partial charge in [0.05, 0.1) is 18.3 Å². The van der Waals surface area contributed by atoms with Gasteiger partial charge in [0.25, 0.3) is 5.91 Å². The quantitative estimate of drug-likeness (QED) is 0.859. The van der Waals surface area contributed by atoms with Crippen LogP contribution < -0.4 is 11.1 Å². The van der Waals surface area contributed by atoms with Crippen molar-refractivity contribution >= 4 is 23.1 Å². The topological polar surface area (TPSA) is 80.9 Å². The van der Waals surface area contributed by atoms with Gasteiger partial charge in [-0.25, -0.2) is 14.4 Å². The first kappa shape index (κ1) is 11.5. The number of amides is 1. The molecule has 0 aliphatic heterocycles. The van der Waals surface area contributed by atoms with Gasteiger partial charge in [0.1, 0.15) is 16.6 Å². The summed E-state index contributed by atoms with van der Waals surface area (Å²) in [6, 6.07) is 1.06. The highest BCUT2D eigenvalue weighted by atomic mass is 32.1. The van der Waals surface area contributed by atoms with Gasteiger partial charge in [-0.2, -0.15) is 0 Å². The second-order valence-corrected chi connectivity index (χ2v) is 4.17. The summed E-state index contributed by atoms with van der Waals surface area (Å²) in [6.45, 7) is 0.284. The highest BCUT2D eigenvalue weighted by Crippen LogP contribution is 2.10. The Hall–Kier alpha value is -2.02. The standard InChI is InChI=1S/C10H9FN4OS/c11-6-3-7(9(12)14-4-6)10(16)15-5-8-13-1-2-17-8/h1-4H,5H2,(H2,12,14)(H,15,16). The molecule has 2 rings (SSSR count). The number of carbonyl (C=O) groups excluding carboxylic acids is 1. The summed E-state index contributed by atoms with van der Waals surface area (Å²) in [7, 11) is 0. The van der Waals surface area contributed by atoms with Crippen LogP contribution in [0.4, 0.5) is 10.2 Å². The number of hydrogen-bond acceptors (Lipinski definition) is 5. The predicted molar refractivity (Wildman–Crippen MR) is 61.9 cm³/mol. The zero-order chi connectivity index (χ0) is 12.3. The van der Waals surface area contributed by atoms with Gasteiger partial charge in [-0.15, -0.1) is 11.3 Å². The Morgan fingerprint density at radius 1 is 1.53 bits per heavy atom. The molecule has 2 aromatic rings. The van der Waals surface area contributed by atoms with Crippen LogP contribution in [0.3, 0.4) is 0 Å². The fraction of sp³-hybridized carbons (Fsp3) is 0.100. The number of thiazole rings is 1. The van der Waals surface area contributed by atoms with Crippen LogP contribution in [0.5, 0.6) is 0 Å². The summed E-state index contributed by atoms with van der Waals surface area (Å²) >= 11 is 1.42. The molecule has 0 saturated heterocycles. The molecule has 0 aromatic carbocycles. The number of halogens is 1. The molecule has 5 nitrogen and oxygen atoms in total. The number of anilines is 1. The van der Waals surface area contributed by atoms with Crippen molar-refractivity contribution in [3.05, 3.63) is 40.2 Å². The van der Waals surface area contributed by atoms with E-state index in [1.807, 2.05) is 0 Å². The molecular weight excluding hydrogens is 243 g/mol. The van der Waals surface area contributed by atoms with Gasteiger partial charge in [-0.1, -0.05) is 0 Å². The number of aromatic nitrogens is 2. The predicted octanol–water partition coefficient (Wildman–Crippen LogP) is 1.19. The average molecular weight is 252 g/mol. The summed E-state index contributed by atoms with van der Waals surface area (Å²) in [5.41, 5.74) is 5.52. The molecule has 0 bridgehead atoms. The minimum Gasteiger partial charge on any atom is -0.383 e. The first-order valence-corrected chi connectivity index (χ1v) is 5.62. The maximum atomic E-state index is 12.9. The molecule has 0 fully saturated rings. The van der Waals surface area contributed by atoms with E-state index in [0.717, 1.165) is 17.3 Å². The van der Waals surface area contributed by atoms with Crippen molar-refractivity contribution in [1.29, 1.82) is 0 Å². The summed E-state index contributed by atoms with van der Waals surface area (Å²) in [4.78, 5) is 19.3. The van der Waals surface area contributed by atoms with Gasteiger partial charge in [-0.3, -0.25) is 4.79 Å². The Bertz CT molecular complexity index is 529. The Balaban J connectivity index is 2.07. The van der Waals surface area contributed by atoms with E-state index >= 15 is 0 Å². The molecule has 0 unspecified atom stereocenters. The van der Waals surface area contributed by atoms with E-state index in [2.05, 4.69) is 15.3 Å². The second kappa shape index (κ2) is 4.88. The lowest BCUT2D eigenvalue weighted by atomic mass is 10.2. The maximum absolute atomic E-state index is 12.9. The van der Waals surface area contributed by atoms with Crippen molar-refractivity contribution in [3.63, 3.8) is 0 Å². The molecule has 0 saturated carbocycles. The van der Waals surface area contributed by atoms with Crippen molar-refractivity contribution in [2.45, 2.75) is 6.54 Å². The number of nitrogens with zero attached hydrogens (tertiary/aromatic N) is 2. The van der Waals surface area contributed by atoms with Crippen LogP contribution in [-0.4, -0.2) is 15.9 Å². The van der Waals surface area contributed by atoms with Gasteiger partial charge in [0, 0.05) is 11.6 Å². The zero-order valence-electron chi connectivity index (χ0n) is 8.68. The number of hydrogen-bond donors (Lipinski definition) is 2. The number of nitrogen functional groups attached to an aromatic ring is 1. The molecule has 2 heterocycles. The summed E-state index contributed by atoms with van der Waals surface area (Å²) in [6.07, 6.45) is 2.61. The third-order valence-electron chi connectivity index (χ3n) is 2.01. The molecular formula is C10H9FN4OS. The molecule has 0 atom stereocenters. The van der Waals surface area contributed by atoms with Crippen molar-refractivity contribution in [2.24, 2.45) is 0 Å². The van der Waals surface area contributed by atoms with E-state index in [-0.39, 0.29) is 17.9 Å². The van der Waals surface area contributed by atoms with Crippen LogP contribution in [0.15, 0.2) is 23.8 Å². The van der Waals surface area contributed by atoms with Gasteiger partial charge in [0.2, 0.25) is 0 Å². The normalized spacial score (nSPS) is 10.2. The first-order valence-electron chi connectivity index (χ1n) is 4.74. The molecule has 0 aliphatic carbocycles. The number of pyridine rings is 1. The Morgan fingerprint density at radius 2 is 2.35 bits per heavy atom. The number of nitrogens with two attached hydrogens (primary N) is 1. The minimum absolute atomic E-state index is 0.00281. The highest BCUT2D eigenvalue weighted by molar-refractivity contribution is 7.09. The lowest BCUT2D eigenvalue weighted by Gasteiger charge is -2.05. The van der Waals surface area contributed by atoms with E-state index in [1.165, 1.54) is 11.3 Å². The monoisotopic (exact) mass is 252 g/mol. The van der Waals surface area contributed by atoms with Crippen LogP contribution in [0, 0.1) is 5.82 Å². The second-order valence-electron chi connectivity index (χ2n) is 3.19. The fourth-order valence-corrected chi connectivity index (χ4v) is 1.78. The van der Waals surface area contributed by atoms with E-state index in [1.54, 1.807) is 11.6 Å². The summed E-state index contributed by atoms with van der Waals surface area (Å²) < 4.78 is 12.9. The van der Waals surface area contributed by atoms with Crippen molar-refractivity contribution in [2.75, 3.05) is 5.73 Å². The smallest absolute Gasteiger partial charge is 0.255 e. The van der Waals surface area contributed by atoms with Crippen molar-refractivity contribution in [1.82, 2.24) is 15.3 Å². The number of carbonyl (C=O) groups is 1. The molecule has 0 spiro atoms. The molecule has 3 N–H and O–H groups in total. The molecule has 0 aliphatic rings.